The van der Waals surface area contributed by atoms with Gasteiger partial charge in [-0.05, 0) is 55.0 Å². The SMILES string of the molecule is CCOc1ccc(NCC(=O)N/N=C/c2ccc(OC(C)=O)c(OC)c2)cc1. The van der Waals surface area contributed by atoms with Crippen molar-refractivity contribution in [2.75, 3.05) is 25.6 Å². The first-order valence-electron chi connectivity index (χ1n) is 8.67. The summed E-state index contributed by atoms with van der Waals surface area (Å²) in [5.74, 6) is 0.747. The average molecular weight is 385 g/mol. The van der Waals surface area contributed by atoms with E-state index in [1.54, 1.807) is 18.2 Å². The summed E-state index contributed by atoms with van der Waals surface area (Å²) in [6.45, 7) is 3.90. The Morgan fingerprint density at radius 3 is 2.50 bits per heavy atom. The molecule has 0 bridgehead atoms. The van der Waals surface area contributed by atoms with Crippen molar-refractivity contribution in [2.45, 2.75) is 13.8 Å². The molecule has 8 nitrogen and oxygen atoms in total. The van der Waals surface area contributed by atoms with Crippen LogP contribution in [0.15, 0.2) is 47.6 Å². The fourth-order valence-electron chi connectivity index (χ4n) is 2.24. The van der Waals surface area contributed by atoms with Gasteiger partial charge < -0.3 is 19.5 Å². The van der Waals surface area contributed by atoms with E-state index in [-0.39, 0.29) is 12.5 Å². The second-order valence-electron chi connectivity index (χ2n) is 5.61. The number of carbonyl (C=O) groups is 2. The van der Waals surface area contributed by atoms with Crippen LogP contribution in [0.2, 0.25) is 0 Å². The van der Waals surface area contributed by atoms with Crippen LogP contribution in [0.4, 0.5) is 5.69 Å². The zero-order chi connectivity index (χ0) is 20.4. The molecule has 148 valence electrons. The van der Waals surface area contributed by atoms with Crippen molar-refractivity contribution in [3.8, 4) is 17.2 Å². The first-order chi connectivity index (χ1) is 13.5. The summed E-state index contributed by atoms with van der Waals surface area (Å²) in [5, 5.41) is 6.91. The number of amides is 1. The number of benzene rings is 2. The van der Waals surface area contributed by atoms with Crippen LogP contribution in [0.5, 0.6) is 17.2 Å². The maximum Gasteiger partial charge on any atom is 0.308 e. The lowest BCUT2D eigenvalue weighted by atomic mass is 10.2. The molecule has 0 atom stereocenters. The van der Waals surface area contributed by atoms with Gasteiger partial charge in [0, 0.05) is 12.6 Å². The summed E-state index contributed by atoms with van der Waals surface area (Å²) in [6.07, 6.45) is 1.47. The quantitative estimate of drug-likeness (QED) is 0.298. The molecule has 0 saturated heterocycles. The number of methoxy groups -OCH3 is 1. The molecule has 0 aliphatic rings. The number of carbonyl (C=O) groups excluding carboxylic acids is 2. The van der Waals surface area contributed by atoms with Crippen molar-refractivity contribution in [1.29, 1.82) is 0 Å². The lowest BCUT2D eigenvalue weighted by Gasteiger charge is -2.08. The first kappa shape index (κ1) is 20.8. The summed E-state index contributed by atoms with van der Waals surface area (Å²) in [4.78, 5) is 22.9. The molecule has 0 unspecified atom stereocenters. The number of rotatable bonds is 9. The van der Waals surface area contributed by atoms with Crippen molar-refractivity contribution >= 4 is 23.8 Å². The second kappa shape index (κ2) is 10.6. The fourth-order valence-corrected chi connectivity index (χ4v) is 2.24. The molecule has 8 heteroatoms. The van der Waals surface area contributed by atoms with Crippen LogP contribution in [0, 0.1) is 0 Å². The summed E-state index contributed by atoms with van der Waals surface area (Å²) in [5.41, 5.74) is 3.91. The summed E-state index contributed by atoms with van der Waals surface area (Å²) in [7, 11) is 1.47. The van der Waals surface area contributed by atoms with E-state index in [0.29, 0.717) is 23.7 Å². The van der Waals surface area contributed by atoms with E-state index in [9.17, 15) is 9.59 Å². The monoisotopic (exact) mass is 385 g/mol. The molecule has 2 aromatic rings. The van der Waals surface area contributed by atoms with Gasteiger partial charge in [-0.3, -0.25) is 9.59 Å². The van der Waals surface area contributed by atoms with Crippen molar-refractivity contribution in [2.24, 2.45) is 5.10 Å². The van der Waals surface area contributed by atoms with Crippen LogP contribution in [-0.2, 0) is 9.59 Å². The topological polar surface area (TPSA) is 98.3 Å². The Kier molecular flexibility index (Phi) is 7.83. The van der Waals surface area contributed by atoms with Gasteiger partial charge in [0.2, 0.25) is 0 Å². The third-order valence-corrected chi connectivity index (χ3v) is 3.46. The number of esters is 1. The molecule has 2 rings (SSSR count). The van der Waals surface area contributed by atoms with Crippen LogP contribution in [0.25, 0.3) is 0 Å². The molecule has 2 aromatic carbocycles. The molecular weight excluding hydrogens is 362 g/mol. The minimum absolute atomic E-state index is 0.0695. The molecule has 0 aliphatic heterocycles. The second-order valence-corrected chi connectivity index (χ2v) is 5.61. The Morgan fingerprint density at radius 2 is 1.86 bits per heavy atom. The molecule has 0 heterocycles. The maximum absolute atomic E-state index is 11.9. The fraction of sp³-hybridized carbons (Fsp3) is 0.250. The highest BCUT2D eigenvalue weighted by atomic mass is 16.6. The predicted molar refractivity (Wildman–Crippen MR) is 106 cm³/mol. The molecule has 0 fully saturated rings. The molecule has 0 saturated carbocycles. The van der Waals surface area contributed by atoms with Gasteiger partial charge in [-0.1, -0.05) is 0 Å². The number of nitrogens with zero attached hydrogens (tertiary/aromatic N) is 1. The molecule has 0 aliphatic carbocycles. The Morgan fingerprint density at radius 1 is 1.11 bits per heavy atom. The van der Waals surface area contributed by atoms with Gasteiger partial charge in [-0.15, -0.1) is 0 Å². The van der Waals surface area contributed by atoms with Crippen LogP contribution >= 0.6 is 0 Å². The van der Waals surface area contributed by atoms with E-state index in [4.69, 9.17) is 14.2 Å². The minimum Gasteiger partial charge on any atom is -0.494 e. The van der Waals surface area contributed by atoms with Gasteiger partial charge in [0.25, 0.3) is 5.91 Å². The summed E-state index contributed by atoms with van der Waals surface area (Å²) >= 11 is 0. The Labute approximate surface area is 163 Å². The van der Waals surface area contributed by atoms with Gasteiger partial charge in [-0.2, -0.15) is 5.10 Å². The van der Waals surface area contributed by atoms with Crippen LogP contribution in [0.1, 0.15) is 19.4 Å². The normalized spacial score (nSPS) is 10.4. The third-order valence-electron chi connectivity index (χ3n) is 3.46. The van der Waals surface area contributed by atoms with E-state index in [1.807, 2.05) is 31.2 Å². The van der Waals surface area contributed by atoms with Gasteiger partial charge in [0.05, 0.1) is 26.5 Å². The van der Waals surface area contributed by atoms with E-state index in [2.05, 4.69) is 15.8 Å². The Balaban J connectivity index is 1.84. The molecule has 0 radical (unpaired) electrons. The number of hydrogen-bond donors (Lipinski definition) is 2. The molecule has 0 spiro atoms. The zero-order valence-corrected chi connectivity index (χ0v) is 16.0. The number of hydrogen-bond acceptors (Lipinski definition) is 7. The number of nitrogens with one attached hydrogen (secondary N) is 2. The van der Waals surface area contributed by atoms with Gasteiger partial charge in [0.1, 0.15) is 5.75 Å². The van der Waals surface area contributed by atoms with E-state index >= 15 is 0 Å². The van der Waals surface area contributed by atoms with Crippen LogP contribution in [0.3, 0.4) is 0 Å². The van der Waals surface area contributed by atoms with E-state index in [1.165, 1.54) is 20.2 Å². The van der Waals surface area contributed by atoms with Gasteiger partial charge in [0.15, 0.2) is 11.5 Å². The van der Waals surface area contributed by atoms with Crippen molar-refractivity contribution < 1.29 is 23.8 Å². The molecule has 0 aromatic heterocycles. The third kappa shape index (κ3) is 6.64. The van der Waals surface area contributed by atoms with Crippen molar-refractivity contribution in [3.63, 3.8) is 0 Å². The number of ether oxygens (including phenoxy) is 3. The largest absolute Gasteiger partial charge is 0.494 e. The lowest BCUT2D eigenvalue weighted by Crippen LogP contribution is -2.25. The molecule has 2 N–H and O–H groups in total. The molecular formula is C20H23N3O5. The lowest BCUT2D eigenvalue weighted by molar-refractivity contribution is -0.132. The van der Waals surface area contributed by atoms with E-state index in [0.717, 1.165) is 11.4 Å². The predicted octanol–water partition coefficient (Wildman–Crippen LogP) is 2.58. The summed E-state index contributed by atoms with van der Waals surface area (Å²) in [6, 6.07) is 12.2. The molecule has 1 amide bonds. The highest BCUT2D eigenvalue weighted by molar-refractivity contribution is 5.85. The standard InChI is InChI=1S/C20H23N3O5/c1-4-27-17-8-6-16(7-9-17)21-13-20(25)23-22-12-15-5-10-18(28-14(2)24)19(11-15)26-3/h5-12,21H,4,13H2,1-3H3,(H,23,25)/b22-12+. The van der Waals surface area contributed by atoms with Gasteiger partial charge >= 0.3 is 5.97 Å². The van der Waals surface area contributed by atoms with Crippen molar-refractivity contribution in [1.82, 2.24) is 5.43 Å². The van der Waals surface area contributed by atoms with E-state index < -0.39 is 5.97 Å². The smallest absolute Gasteiger partial charge is 0.308 e. The summed E-state index contributed by atoms with van der Waals surface area (Å²) < 4.78 is 15.6. The number of hydrazone groups is 1. The highest BCUT2D eigenvalue weighted by Gasteiger charge is 2.07. The Bertz CT molecular complexity index is 834. The van der Waals surface area contributed by atoms with Crippen molar-refractivity contribution in [3.05, 3.63) is 48.0 Å². The van der Waals surface area contributed by atoms with Crippen LogP contribution in [-0.4, -0.2) is 38.4 Å². The maximum atomic E-state index is 11.9. The van der Waals surface area contributed by atoms with Gasteiger partial charge in [-0.25, -0.2) is 5.43 Å². The first-order valence-corrected chi connectivity index (χ1v) is 8.67. The zero-order valence-electron chi connectivity index (χ0n) is 16.0. The highest BCUT2D eigenvalue weighted by Crippen LogP contribution is 2.27. The average Bonchev–Trinajstić information content (AvgIpc) is 2.68. The minimum atomic E-state index is -0.438. The Hall–Kier alpha value is -3.55. The van der Waals surface area contributed by atoms with Crippen LogP contribution < -0.4 is 25.0 Å². The number of anilines is 1. The molecule has 28 heavy (non-hydrogen) atoms.